The van der Waals surface area contributed by atoms with Crippen LogP contribution in [0.1, 0.15) is 71.3 Å². The predicted octanol–water partition coefficient (Wildman–Crippen LogP) is 3.29. The van der Waals surface area contributed by atoms with Gasteiger partial charge in [-0.2, -0.15) is 0 Å². The fourth-order valence-corrected chi connectivity index (χ4v) is 3.90. The zero-order valence-electron chi connectivity index (χ0n) is 23.5. The lowest BCUT2D eigenvalue weighted by Crippen LogP contribution is -2.46. The highest BCUT2D eigenvalue weighted by molar-refractivity contribution is 5.98. The van der Waals surface area contributed by atoms with Crippen LogP contribution in [0.15, 0.2) is 12.3 Å². The minimum absolute atomic E-state index is 0.0112. The van der Waals surface area contributed by atoms with Gasteiger partial charge < -0.3 is 33.7 Å². The zero-order chi connectivity index (χ0) is 28.2. The van der Waals surface area contributed by atoms with E-state index in [4.69, 9.17) is 28.4 Å². The highest BCUT2D eigenvalue weighted by atomic mass is 16.7. The van der Waals surface area contributed by atoms with Crippen LogP contribution in [0.5, 0.6) is 11.5 Å². The van der Waals surface area contributed by atoms with Gasteiger partial charge in [-0.1, -0.05) is 27.7 Å². The van der Waals surface area contributed by atoms with Crippen LogP contribution in [0.3, 0.4) is 0 Å². The smallest absolute Gasteiger partial charge is 0.329 e. The largest absolute Gasteiger partial charge is 0.493 e. The maximum absolute atomic E-state index is 13.2. The molecule has 0 aliphatic carbocycles. The maximum Gasteiger partial charge on any atom is 0.329 e. The molecule has 11 nitrogen and oxygen atoms in total. The van der Waals surface area contributed by atoms with Crippen molar-refractivity contribution in [1.82, 2.24) is 10.3 Å². The van der Waals surface area contributed by atoms with E-state index >= 15 is 0 Å². The van der Waals surface area contributed by atoms with Gasteiger partial charge in [-0.05, 0) is 38.0 Å². The molecule has 11 heteroatoms. The molecular weight excluding hydrogens is 496 g/mol. The van der Waals surface area contributed by atoms with E-state index in [1.807, 2.05) is 0 Å². The van der Waals surface area contributed by atoms with Crippen molar-refractivity contribution in [3.8, 4) is 11.5 Å². The van der Waals surface area contributed by atoms with Crippen LogP contribution in [0.2, 0.25) is 0 Å². The summed E-state index contributed by atoms with van der Waals surface area (Å²) in [5.74, 6) is -0.926. The minimum Gasteiger partial charge on any atom is -0.493 e. The number of nitrogens with one attached hydrogen (secondary N) is 1. The number of aromatic nitrogens is 1. The van der Waals surface area contributed by atoms with E-state index < -0.39 is 42.9 Å². The molecule has 0 saturated carbocycles. The van der Waals surface area contributed by atoms with Crippen LogP contribution in [-0.4, -0.2) is 74.3 Å². The summed E-state index contributed by atoms with van der Waals surface area (Å²) in [5.41, 5.74) is -0.117. The maximum atomic E-state index is 13.2. The number of rotatable bonds is 12. The molecule has 2 heterocycles. The number of methoxy groups -OCH3 is 1. The molecule has 1 N–H and O–H groups in total. The first-order chi connectivity index (χ1) is 18.0. The highest BCUT2D eigenvalue weighted by Crippen LogP contribution is 2.30. The Morgan fingerprint density at radius 3 is 2.45 bits per heavy atom. The second-order valence-corrected chi connectivity index (χ2v) is 10.1. The third-order valence-corrected chi connectivity index (χ3v) is 5.74. The van der Waals surface area contributed by atoms with Gasteiger partial charge in [-0.3, -0.25) is 9.59 Å². The fraction of sp³-hybridized carbons (Fsp3) is 0.704. The van der Waals surface area contributed by atoms with E-state index in [0.29, 0.717) is 44.3 Å². The van der Waals surface area contributed by atoms with Crippen molar-refractivity contribution >= 4 is 17.8 Å². The molecule has 1 aliphatic rings. The molecule has 1 amide bonds. The number of hydrogen-bond donors (Lipinski definition) is 1. The second-order valence-electron chi connectivity index (χ2n) is 10.1. The number of ether oxygens (including phenoxy) is 6. The molecule has 0 spiro atoms. The first-order valence-corrected chi connectivity index (χ1v) is 13.1. The van der Waals surface area contributed by atoms with Crippen molar-refractivity contribution in [2.75, 3.05) is 27.1 Å². The van der Waals surface area contributed by atoms with Crippen LogP contribution in [0, 0.1) is 11.8 Å². The summed E-state index contributed by atoms with van der Waals surface area (Å²) in [6, 6.07) is 0.582. The number of carbonyl (C=O) groups excluding carboxylic acids is 3. The average molecular weight is 539 g/mol. The van der Waals surface area contributed by atoms with E-state index in [1.165, 1.54) is 26.3 Å². The molecule has 0 aromatic carbocycles. The molecule has 214 valence electrons. The average Bonchev–Trinajstić information content (AvgIpc) is 2.89. The zero-order valence-corrected chi connectivity index (χ0v) is 23.5. The molecular formula is C27H42N2O9. The van der Waals surface area contributed by atoms with Gasteiger partial charge in [-0.15, -0.1) is 0 Å². The summed E-state index contributed by atoms with van der Waals surface area (Å²) < 4.78 is 33.7. The topological polar surface area (TPSA) is 132 Å². The van der Waals surface area contributed by atoms with Crippen LogP contribution in [0.4, 0.5) is 0 Å². The Hall–Kier alpha value is -2.92. The molecule has 1 aliphatic heterocycles. The lowest BCUT2D eigenvalue weighted by atomic mass is 10.0. The van der Waals surface area contributed by atoms with E-state index in [2.05, 4.69) is 38.0 Å². The quantitative estimate of drug-likeness (QED) is 0.312. The van der Waals surface area contributed by atoms with Crippen molar-refractivity contribution < 1.29 is 42.8 Å². The standard InChI is InChI=1S/C27H42N2O9/c1-16(2)13-34-22-10-8-9-20(27(32)38-18(5)24(22)35-14-17(3)4)29-26(31)23-25(37-15-36-19(6)30)21(33-7)11-12-28-23/h11-12,16-18,20,22,24H,8-10,13-15H2,1-7H3,(H,29,31). The van der Waals surface area contributed by atoms with Gasteiger partial charge in [0.1, 0.15) is 18.2 Å². The summed E-state index contributed by atoms with van der Waals surface area (Å²) in [4.78, 5) is 41.6. The Bertz CT molecular complexity index is 922. The Morgan fingerprint density at radius 1 is 1.13 bits per heavy atom. The van der Waals surface area contributed by atoms with Crippen LogP contribution >= 0.6 is 0 Å². The number of nitrogens with zero attached hydrogens (tertiary/aromatic N) is 1. The van der Waals surface area contributed by atoms with E-state index in [0.717, 1.165) is 0 Å². The normalized spacial score (nSPS) is 22.2. The molecule has 2 rings (SSSR count). The van der Waals surface area contributed by atoms with Crippen molar-refractivity contribution in [3.63, 3.8) is 0 Å². The van der Waals surface area contributed by atoms with Crippen molar-refractivity contribution in [1.29, 1.82) is 0 Å². The number of pyridine rings is 1. The lowest BCUT2D eigenvalue weighted by molar-refractivity contribution is -0.169. The number of amides is 1. The summed E-state index contributed by atoms with van der Waals surface area (Å²) in [6.45, 7) is 11.9. The molecule has 1 saturated heterocycles. The SMILES string of the molecule is COc1ccnc(C(=O)NC2CCCC(OCC(C)C)C(OCC(C)C)C(C)OC2=O)c1OCOC(C)=O. The molecule has 1 fully saturated rings. The van der Waals surface area contributed by atoms with E-state index in [9.17, 15) is 14.4 Å². The highest BCUT2D eigenvalue weighted by Gasteiger charge is 2.36. The minimum atomic E-state index is -0.922. The summed E-state index contributed by atoms with van der Waals surface area (Å²) >= 11 is 0. The Balaban J connectivity index is 2.21. The second kappa shape index (κ2) is 15.5. The number of esters is 2. The van der Waals surface area contributed by atoms with Gasteiger partial charge in [0.2, 0.25) is 6.79 Å². The molecule has 38 heavy (non-hydrogen) atoms. The molecule has 1 aromatic heterocycles. The Labute approximate surface area is 224 Å². The van der Waals surface area contributed by atoms with E-state index in [1.54, 1.807) is 6.92 Å². The van der Waals surface area contributed by atoms with Crippen molar-refractivity contribution in [2.24, 2.45) is 11.8 Å². The van der Waals surface area contributed by atoms with Gasteiger partial charge >= 0.3 is 11.9 Å². The van der Waals surface area contributed by atoms with E-state index in [-0.39, 0.29) is 23.3 Å². The van der Waals surface area contributed by atoms with Gasteiger partial charge in [0, 0.05) is 32.4 Å². The lowest BCUT2D eigenvalue weighted by Gasteiger charge is -2.32. The molecule has 4 atom stereocenters. The first kappa shape index (κ1) is 31.3. The number of cyclic esters (lactones) is 1. The Morgan fingerprint density at radius 2 is 1.82 bits per heavy atom. The number of hydrogen-bond acceptors (Lipinski definition) is 10. The molecule has 4 unspecified atom stereocenters. The summed E-state index contributed by atoms with van der Waals surface area (Å²) in [5, 5.41) is 2.72. The van der Waals surface area contributed by atoms with Crippen LogP contribution < -0.4 is 14.8 Å². The number of carbonyl (C=O) groups is 3. The summed E-state index contributed by atoms with van der Waals surface area (Å²) in [7, 11) is 1.41. The molecule has 0 bridgehead atoms. The van der Waals surface area contributed by atoms with Crippen molar-refractivity contribution in [3.05, 3.63) is 18.0 Å². The van der Waals surface area contributed by atoms with Gasteiger partial charge in [0.25, 0.3) is 5.91 Å². The first-order valence-electron chi connectivity index (χ1n) is 13.1. The third kappa shape index (κ3) is 9.75. The third-order valence-electron chi connectivity index (χ3n) is 5.74. The fourth-order valence-electron chi connectivity index (χ4n) is 3.90. The summed E-state index contributed by atoms with van der Waals surface area (Å²) in [6.07, 6.45) is 1.67. The van der Waals surface area contributed by atoms with Gasteiger partial charge in [0.15, 0.2) is 17.2 Å². The predicted molar refractivity (Wildman–Crippen MR) is 138 cm³/mol. The Kier molecular flexibility index (Phi) is 12.8. The van der Waals surface area contributed by atoms with Crippen LogP contribution in [-0.2, 0) is 28.5 Å². The monoisotopic (exact) mass is 538 g/mol. The molecule has 0 radical (unpaired) electrons. The van der Waals surface area contributed by atoms with Crippen LogP contribution in [0.25, 0.3) is 0 Å². The van der Waals surface area contributed by atoms with Gasteiger partial charge in [0.05, 0.1) is 13.2 Å². The van der Waals surface area contributed by atoms with Gasteiger partial charge in [-0.25, -0.2) is 9.78 Å². The van der Waals surface area contributed by atoms with Crippen molar-refractivity contribution in [2.45, 2.75) is 85.2 Å². The molecule has 1 aromatic rings.